The second kappa shape index (κ2) is 10.3. The number of nitrogens with one attached hydrogen (secondary N) is 3. The van der Waals surface area contributed by atoms with Gasteiger partial charge in [0, 0.05) is 23.7 Å². The van der Waals surface area contributed by atoms with Crippen LogP contribution in [0.4, 0.5) is 17.4 Å². The molecule has 4 aromatic rings. The lowest BCUT2D eigenvalue weighted by Gasteiger charge is -2.11. The third kappa shape index (κ3) is 5.69. The Morgan fingerprint density at radius 1 is 0.829 bits per heavy atom. The molecule has 4 rings (SSSR count). The maximum atomic E-state index is 12.8. The molecule has 0 fully saturated rings. The fourth-order valence-electron chi connectivity index (χ4n) is 3.21. The Bertz CT molecular complexity index is 1380. The van der Waals surface area contributed by atoms with Gasteiger partial charge in [0.15, 0.2) is 0 Å². The number of methoxy groups -OCH3 is 1. The predicted molar refractivity (Wildman–Crippen MR) is 129 cm³/mol. The molecular formula is C25H21N5O5. The van der Waals surface area contributed by atoms with E-state index in [0.29, 0.717) is 22.7 Å². The van der Waals surface area contributed by atoms with E-state index in [1.54, 1.807) is 73.8 Å². The first-order valence-electron chi connectivity index (χ1n) is 10.5. The Hall–Kier alpha value is -4.99. The maximum absolute atomic E-state index is 12.8. The van der Waals surface area contributed by atoms with Crippen LogP contribution in [0, 0.1) is 0 Å². The molecule has 176 valence electrons. The highest BCUT2D eigenvalue weighted by Gasteiger charge is 2.15. The molecule has 0 saturated carbocycles. The summed E-state index contributed by atoms with van der Waals surface area (Å²) in [5.41, 5.74) is 2.00. The Kier molecular flexibility index (Phi) is 6.82. The van der Waals surface area contributed by atoms with Gasteiger partial charge in [-0.25, -0.2) is 0 Å². The monoisotopic (exact) mass is 471 g/mol. The van der Waals surface area contributed by atoms with E-state index >= 15 is 0 Å². The molecule has 0 saturated heterocycles. The van der Waals surface area contributed by atoms with Gasteiger partial charge in [-0.05, 0) is 54.6 Å². The summed E-state index contributed by atoms with van der Waals surface area (Å²) in [5, 5.41) is 15.7. The fourth-order valence-corrected chi connectivity index (χ4v) is 3.21. The van der Waals surface area contributed by atoms with Gasteiger partial charge in [-0.15, -0.1) is 5.10 Å². The molecule has 0 radical (unpaired) electrons. The molecule has 10 heteroatoms. The van der Waals surface area contributed by atoms with E-state index in [9.17, 15) is 14.4 Å². The number of benzene rings is 3. The zero-order chi connectivity index (χ0) is 24.8. The van der Waals surface area contributed by atoms with Crippen molar-refractivity contribution >= 4 is 35.1 Å². The highest BCUT2D eigenvalue weighted by molar-refractivity contribution is 6.10. The average Bonchev–Trinajstić information content (AvgIpc) is 3.32. The molecule has 35 heavy (non-hydrogen) atoms. The number of anilines is 3. The molecule has 0 bridgehead atoms. The Morgan fingerprint density at radius 3 is 2.34 bits per heavy atom. The smallest absolute Gasteiger partial charge is 0.322 e. The minimum Gasteiger partial charge on any atom is -0.497 e. The van der Waals surface area contributed by atoms with Crippen LogP contribution in [0.1, 0.15) is 27.6 Å². The van der Waals surface area contributed by atoms with Gasteiger partial charge in [-0.2, -0.15) is 0 Å². The van der Waals surface area contributed by atoms with Crippen molar-refractivity contribution in [2.75, 3.05) is 23.1 Å². The summed E-state index contributed by atoms with van der Waals surface area (Å²) in [6.07, 6.45) is 0. The first kappa shape index (κ1) is 23.2. The average molecular weight is 471 g/mol. The van der Waals surface area contributed by atoms with Crippen LogP contribution in [0.5, 0.6) is 5.75 Å². The zero-order valence-electron chi connectivity index (χ0n) is 18.9. The molecule has 10 nitrogen and oxygen atoms in total. The third-order valence-corrected chi connectivity index (χ3v) is 4.85. The van der Waals surface area contributed by atoms with Gasteiger partial charge in [0.05, 0.1) is 18.4 Å². The second-order valence-corrected chi connectivity index (χ2v) is 7.36. The lowest BCUT2D eigenvalue weighted by Crippen LogP contribution is -2.17. The molecule has 0 aliphatic rings. The number of hydrogen-bond acceptors (Lipinski definition) is 7. The van der Waals surface area contributed by atoms with E-state index in [-0.39, 0.29) is 28.9 Å². The molecule has 0 unspecified atom stereocenters. The van der Waals surface area contributed by atoms with E-state index in [0.717, 1.165) is 0 Å². The first-order valence-corrected chi connectivity index (χ1v) is 10.5. The number of carbonyl (C=O) groups is 3. The summed E-state index contributed by atoms with van der Waals surface area (Å²) in [6, 6.07) is 19.9. The fraction of sp³-hybridized carbons (Fsp3) is 0.0800. The molecule has 1 heterocycles. The minimum absolute atomic E-state index is 0.0699. The first-order chi connectivity index (χ1) is 16.9. The van der Waals surface area contributed by atoms with Crippen molar-refractivity contribution in [2.24, 2.45) is 0 Å². The molecule has 0 aliphatic carbocycles. The van der Waals surface area contributed by atoms with E-state index in [1.165, 1.54) is 13.0 Å². The Labute approximate surface area is 200 Å². The summed E-state index contributed by atoms with van der Waals surface area (Å²) in [5.74, 6) is -0.299. The SMILES string of the molecule is COc1ccc(-c2nnc(NC(=O)c3cccc(NC(=O)c4ccccc4NC(C)=O)c3)o2)cc1. The van der Waals surface area contributed by atoms with Crippen molar-refractivity contribution in [3.8, 4) is 17.2 Å². The zero-order valence-corrected chi connectivity index (χ0v) is 18.9. The molecule has 0 spiro atoms. The molecule has 3 aromatic carbocycles. The summed E-state index contributed by atoms with van der Waals surface area (Å²) < 4.78 is 10.7. The van der Waals surface area contributed by atoms with Crippen molar-refractivity contribution in [3.05, 3.63) is 83.9 Å². The number of nitrogens with zero attached hydrogens (tertiary/aromatic N) is 2. The van der Waals surface area contributed by atoms with Gasteiger partial charge in [0.1, 0.15) is 5.75 Å². The molecule has 1 aromatic heterocycles. The van der Waals surface area contributed by atoms with Crippen LogP contribution >= 0.6 is 0 Å². The molecule has 3 amide bonds. The number of ether oxygens (including phenoxy) is 1. The topological polar surface area (TPSA) is 135 Å². The highest BCUT2D eigenvalue weighted by atomic mass is 16.5. The largest absolute Gasteiger partial charge is 0.497 e. The van der Waals surface area contributed by atoms with Gasteiger partial charge >= 0.3 is 6.01 Å². The van der Waals surface area contributed by atoms with Gasteiger partial charge in [0.25, 0.3) is 11.8 Å². The normalized spacial score (nSPS) is 10.3. The van der Waals surface area contributed by atoms with Crippen LogP contribution in [0.2, 0.25) is 0 Å². The summed E-state index contributed by atoms with van der Waals surface area (Å²) in [6.45, 7) is 1.36. The van der Waals surface area contributed by atoms with Gasteiger partial charge in [-0.3, -0.25) is 19.7 Å². The number of amides is 3. The van der Waals surface area contributed by atoms with E-state index in [1.807, 2.05) is 0 Å². The van der Waals surface area contributed by atoms with Crippen LogP contribution in [0.15, 0.2) is 77.2 Å². The van der Waals surface area contributed by atoms with Gasteiger partial charge in [-0.1, -0.05) is 23.3 Å². The number of para-hydroxylation sites is 1. The van der Waals surface area contributed by atoms with Gasteiger partial charge < -0.3 is 19.8 Å². The van der Waals surface area contributed by atoms with Crippen molar-refractivity contribution in [2.45, 2.75) is 6.92 Å². The van der Waals surface area contributed by atoms with Gasteiger partial charge in [0.2, 0.25) is 11.8 Å². The minimum atomic E-state index is -0.496. The Balaban J connectivity index is 1.45. The van der Waals surface area contributed by atoms with E-state index in [2.05, 4.69) is 26.1 Å². The predicted octanol–water partition coefficient (Wildman–Crippen LogP) is 4.21. The molecule has 0 atom stereocenters. The summed E-state index contributed by atoms with van der Waals surface area (Å²) >= 11 is 0. The third-order valence-electron chi connectivity index (χ3n) is 4.85. The van der Waals surface area contributed by atoms with Crippen LogP contribution < -0.4 is 20.7 Å². The standard InChI is InChI=1S/C25H21N5O5/c1-15(31)26-21-9-4-3-8-20(21)23(33)27-18-7-5-6-17(14-18)22(32)28-25-30-29-24(35-25)16-10-12-19(34-2)13-11-16/h3-14H,1-2H3,(H,26,31)(H,27,33)(H,28,30,32). The van der Waals surface area contributed by atoms with E-state index in [4.69, 9.17) is 9.15 Å². The van der Waals surface area contributed by atoms with Crippen molar-refractivity contribution in [1.82, 2.24) is 10.2 Å². The van der Waals surface area contributed by atoms with Crippen molar-refractivity contribution in [1.29, 1.82) is 0 Å². The Morgan fingerprint density at radius 2 is 1.60 bits per heavy atom. The summed E-state index contributed by atoms with van der Waals surface area (Å²) in [7, 11) is 1.57. The van der Waals surface area contributed by atoms with Crippen LogP contribution in [-0.2, 0) is 4.79 Å². The van der Waals surface area contributed by atoms with E-state index < -0.39 is 11.8 Å². The second-order valence-electron chi connectivity index (χ2n) is 7.36. The summed E-state index contributed by atoms with van der Waals surface area (Å²) in [4.78, 5) is 36.9. The molecule has 3 N–H and O–H groups in total. The number of carbonyl (C=O) groups excluding carboxylic acids is 3. The number of rotatable bonds is 7. The van der Waals surface area contributed by atoms with Crippen molar-refractivity contribution < 1.29 is 23.5 Å². The highest BCUT2D eigenvalue weighted by Crippen LogP contribution is 2.23. The van der Waals surface area contributed by atoms with Crippen LogP contribution in [-0.4, -0.2) is 35.0 Å². The number of hydrogen-bond donors (Lipinski definition) is 3. The molecule has 0 aliphatic heterocycles. The maximum Gasteiger partial charge on any atom is 0.322 e. The lowest BCUT2D eigenvalue weighted by atomic mass is 10.1. The van der Waals surface area contributed by atoms with Crippen LogP contribution in [0.3, 0.4) is 0 Å². The quantitative estimate of drug-likeness (QED) is 0.367. The van der Waals surface area contributed by atoms with Crippen molar-refractivity contribution in [3.63, 3.8) is 0 Å². The van der Waals surface area contributed by atoms with Crippen LogP contribution in [0.25, 0.3) is 11.5 Å². The lowest BCUT2D eigenvalue weighted by molar-refractivity contribution is -0.114. The molecular weight excluding hydrogens is 450 g/mol. The number of aromatic nitrogens is 2.